The molecule has 34 heavy (non-hydrogen) atoms. The Kier molecular flexibility index (Phi) is 8.65. The van der Waals surface area contributed by atoms with E-state index in [1.165, 1.54) is 7.11 Å². The number of carbonyl (C=O) groups excluding carboxylic acids is 2. The van der Waals surface area contributed by atoms with Crippen LogP contribution in [0.4, 0.5) is 4.79 Å². The zero-order valence-electron chi connectivity index (χ0n) is 19.7. The minimum absolute atomic E-state index is 0.0393. The van der Waals surface area contributed by atoms with Crippen LogP contribution in [0, 0.1) is 11.8 Å². The van der Waals surface area contributed by atoms with Crippen molar-refractivity contribution in [1.82, 2.24) is 10.6 Å². The number of carboxylic acid groups (broad SMARTS) is 1. The molecule has 0 fully saturated rings. The third kappa shape index (κ3) is 6.14. The molecule has 182 valence electrons. The van der Waals surface area contributed by atoms with Gasteiger partial charge in [0.05, 0.1) is 18.4 Å². The van der Waals surface area contributed by atoms with Crippen molar-refractivity contribution in [1.29, 1.82) is 0 Å². The molecule has 0 bridgehead atoms. The number of aliphatic carboxylic acids is 1. The number of amides is 2. The largest absolute Gasteiger partial charge is 0.481 e. The van der Waals surface area contributed by atoms with Crippen LogP contribution in [0.15, 0.2) is 48.5 Å². The number of hydrogen-bond donors (Lipinski definition) is 3. The van der Waals surface area contributed by atoms with Crippen molar-refractivity contribution in [3.05, 3.63) is 59.7 Å². The lowest BCUT2D eigenvalue weighted by molar-refractivity contribution is -0.140. The fourth-order valence-electron chi connectivity index (χ4n) is 4.25. The van der Waals surface area contributed by atoms with Crippen molar-refractivity contribution in [2.45, 2.75) is 32.3 Å². The predicted octanol–water partition coefficient (Wildman–Crippen LogP) is 3.40. The molecule has 1 aliphatic carbocycles. The van der Waals surface area contributed by atoms with E-state index >= 15 is 0 Å². The fourth-order valence-corrected chi connectivity index (χ4v) is 4.25. The van der Waals surface area contributed by atoms with Gasteiger partial charge >= 0.3 is 12.1 Å². The molecule has 2 unspecified atom stereocenters. The van der Waals surface area contributed by atoms with Gasteiger partial charge in [-0.1, -0.05) is 62.4 Å². The summed E-state index contributed by atoms with van der Waals surface area (Å²) in [6.45, 7) is 4.15. The van der Waals surface area contributed by atoms with E-state index < -0.39 is 24.1 Å². The minimum Gasteiger partial charge on any atom is -0.481 e. The van der Waals surface area contributed by atoms with Crippen LogP contribution >= 0.6 is 0 Å². The molecule has 8 heteroatoms. The van der Waals surface area contributed by atoms with Crippen LogP contribution in [0.5, 0.6) is 0 Å². The van der Waals surface area contributed by atoms with Gasteiger partial charge in [0, 0.05) is 26.1 Å². The van der Waals surface area contributed by atoms with E-state index in [1.807, 2.05) is 38.1 Å². The third-order valence-electron chi connectivity index (χ3n) is 6.19. The molecule has 0 radical (unpaired) electrons. The third-order valence-corrected chi connectivity index (χ3v) is 6.19. The summed E-state index contributed by atoms with van der Waals surface area (Å²) in [6, 6.07) is 16.2. The molecule has 0 aliphatic heterocycles. The Balaban J connectivity index is 1.53. The first kappa shape index (κ1) is 25.2. The number of fused-ring (bicyclic) bond motifs is 3. The molecular formula is C26H32N2O6. The quantitative estimate of drug-likeness (QED) is 0.466. The Hall–Kier alpha value is -3.39. The Morgan fingerprint density at radius 3 is 2.06 bits per heavy atom. The van der Waals surface area contributed by atoms with Crippen LogP contribution in [0.2, 0.25) is 0 Å². The van der Waals surface area contributed by atoms with Gasteiger partial charge in [0.25, 0.3) is 0 Å². The highest BCUT2D eigenvalue weighted by Crippen LogP contribution is 2.44. The number of methoxy groups -OCH3 is 1. The molecular weight excluding hydrogens is 436 g/mol. The Morgan fingerprint density at radius 1 is 0.941 bits per heavy atom. The van der Waals surface area contributed by atoms with Crippen molar-refractivity contribution >= 4 is 18.0 Å². The van der Waals surface area contributed by atoms with Gasteiger partial charge < -0.3 is 25.2 Å². The number of rotatable bonds is 11. The summed E-state index contributed by atoms with van der Waals surface area (Å²) in [5.41, 5.74) is 4.57. The van der Waals surface area contributed by atoms with Crippen LogP contribution in [0.1, 0.15) is 37.3 Å². The lowest BCUT2D eigenvalue weighted by atomic mass is 9.95. The minimum atomic E-state index is -1.00. The van der Waals surface area contributed by atoms with E-state index in [0.29, 0.717) is 0 Å². The van der Waals surface area contributed by atoms with Crippen LogP contribution in [-0.4, -0.2) is 56.0 Å². The molecule has 0 spiro atoms. The van der Waals surface area contributed by atoms with E-state index in [1.54, 1.807) is 0 Å². The first-order valence-corrected chi connectivity index (χ1v) is 11.4. The van der Waals surface area contributed by atoms with E-state index in [-0.39, 0.29) is 43.9 Å². The lowest BCUT2D eigenvalue weighted by Gasteiger charge is -2.22. The predicted molar refractivity (Wildman–Crippen MR) is 127 cm³/mol. The summed E-state index contributed by atoms with van der Waals surface area (Å²) >= 11 is 0. The number of ether oxygens (including phenoxy) is 2. The number of benzene rings is 2. The summed E-state index contributed by atoms with van der Waals surface area (Å²) < 4.78 is 10.6. The van der Waals surface area contributed by atoms with Crippen molar-refractivity contribution in [2.75, 3.05) is 26.8 Å². The van der Waals surface area contributed by atoms with Gasteiger partial charge in [-0.3, -0.25) is 9.59 Å². The average molecular weight is 469 g/mol. The second-order valence-corrected chi connectivity index (χ2v) is 8.76. The molecule has 2 aromatic rings. The Morgan fingerprint density at radius 2 is 1.53 bits per heavy atom. The first-order chi connectivity index (χ1) is 16.3. The van der Waals surface area contributed by atoms with Gasteiger partial charge in [-0.15, -0.1) is 0 Å². The van der Waals surface area contributed by atoms with Crippen LogP contribution in [0.25, 0.3) is 11.1 Å². The maximum Gasteiger partial charge on any atom is 0.407 e. The smallest absolute Gasteiger partial charge is 0.407 e. The molecule has 2 atom stereocenters. The standard InChI is InChI=1S/C26H32N2O6/c1-16(2)22(25(31)27-13-17(33-3)12-24(29)30)14-28-26(32)34-15-23-20-10-6-4-8-18(20)19-9-5-7-11-21(19)23/h4-11,16-17,22-23H,12-15H2,1-3H3,(H,27,31)(H,28,32)(H,29,30). The summed E-state index contributed by atoms with van der Waals surface area (Å²) in [7, 11) is 1.40. The normalized spacial score (nSPS) is 14.1. The molecule has 0 saturated heterocycles. The topological polar surface area (TPSA) is 114 Å². The maximum absolute atomic E-state index is 12.6. The highest BCUT2D eigenvalue weighted by Gasteiger charge is 2.29. The fraction of sp³-hybridized carbons (Fsp3) is 0.423. The molecule has 8 nitrogen and oxygen atoms in total. The summed E-state index contributed by atoms with van der Waals surface area (Å²) in [4.78, 5) is 36.0. The highest BCUT2D eigenvalue weighted by molar-refractivity contribution is 5.80. The van der Waals surface area contributed by atoms with Crippen molar-refractivity contribution in [2.24, 2.45) is 11.8 Å². The summed E-state index contributed by atoms with van der Waals surface area (Å²) in [5.74, 6) is -1.86. The average Bonchev–Trinajstić information content (AvgIpc) is 3.13. The summed E-state index contributed by atoms with van der Waals surface area (Å²) in [5, 5.41) is 14.3. The Bertz CT molecular complexity index is 976. The second-order valence-electron chi connectivity index (χ2n) is 8.76. The molecule has 1 aliphatic rings. The second kappa shape index (κ2) is 11.7. The number of hydrogen-bond acceptors (Lipinski definition) is 5. The molecule has 3 rings (SSSR count). The molecule has 0 heterocycles. The number of carboxylic acids is 1. The van der Waals surface area contributed by atoms with E-state index in [0.717, 1.165) is 22.3 Å². The number of alkyl carbamates (subject to hydrolysis) is 1. The van der Waals surface area contributed by atoms with Gasteiger partial charge in [-0.25, -0.2) is 4.79 Å². The Labute approximate surface area is 199 Å². The van der Waals surface area contributed by atoms with Gasteiger partial charge in [-0.05, 0) is 28.2 Å². The monoisotopic (exact) mass is 468 g/mol. The van der Waals surface area contributed by atoms with Crippen molar-refractivity contribution in [3.63, 3.8) is 0 Å². The zero-order chi connectivity index (χ0) is 24.7. The molecule has 0 saturated carbocycles. The molecule has 0 aromatic heterocycles. The molecule has 2 aromatic carbocycles. The van der Waals surface area contributed by atoms with Gasteiger partial charge in [0.15, 0.2) is 0 Å². The summed E-state index contributed by atoms with van der Waals surface area (Å²) in [6.07, 6.45) is -1.41. The van der Waals surface area contributed by atoms with E-state index in [2.05, 4.69) is 34.9 Å². The van der Waals surface area contributed by atoms with E-state index in [9.17, 15) is 14.4 Å². The van der Waals surface area contributed by atoms with Crippen LogP contribution in [-0.2, 0) is 19.1 Å². The van der Waals surface area contributed by atoms with Crippen LogP contribution < -0.4 is 10.6 Å². The van der Waals surface area contributed by atoms with Crippen molar-refractivity contribution in [3.8, 4) is 11.1 Å². The number of carbonyl (C=O) groups is 3. The van der Waals surface area contributed by atoms with Crippen molar-refractivity contribution < 1.29 is 29.0 Å². The molecule has 2 amide bonds. The van der Waals surface area contributed by atoms with E-state index in [4.69, 9.17) is 14.6 Å². The number of nitrogens with one attached hydrogen (secondary N) is 2. The van der Waals surface area contributed by atoms with Gasteiger partial charge in [0.1, 0.15) is 6.61 Å². The van der Waals surface area contributed by atoms with Crippen LogP contribution in [0.3, 0.4) is 0 Å². The zero-order valence-corrected chi connectivity index (χ0v) is 19.7. The van der Waals surface area contributed by atoms with Gasteiger partial charge in [-0.2, -0.15) is 0 Å². The maximum atomic E-state index is 12.6. The van der Waals surface area contributed by atoms with Gasteiger partial charge in [0.2, 0.25) is 5.91 Å². The highest BCUT2D eigenvalue weighted by atomic mass is 16.5. The lowest BCUT2D eigenvalue weighted by Crippen LogP contribution is -2.44. The first-order valence-electron chi connectivity index (χ1n) is 11.4. The SMILES string of the molecule is COC(CNC(=O)C(CNC(=O)OCC1c2ccccc2-c2ccccc21)C(C)C)CC(=O)O. The molecule has 3 N–H and O–H groups in total.